The number of rotatable bonds is 7. The molecule has 1 aliphatic rings. The molecule has 28 heavy (non-hydrogen) atoms. The molecule has 0 saturated carbocycles. The van der Waals surface area contributed by atoms with Gasteiger partial charge in [0.25, 0.3) is 0 Å². The van der Waals surface area contributed by atoms with E-state index in [1.807, 2.05) is 32.1 Å². The first-order valence-electron chi connectivity index (χ1n) is 9.99. The van der Waals surface area contributed by atoms with E-state index in [0.717, 1.165) is 44.0 Å². The fraction of sp³-hybridized carbons (Fsp3) is 0.545. The van der Waals surface area contributed by atoms with E-state index in [2.05, 4.69) is 41.1 Å². The number of nitrogens with zero attached hydrogens (tertiary/aromatic N) is 3. The monoisotopic (exact) mass is 401 g/mol. The summed E-state index contributed by atoms with van der Waals surface area (Å²) >= 11 is 1.72. The van der Waals surface area contributed by atoms with E-state index >= 15 is 0 Å². The average Bonchev–Trinajstić information content (AvgIpc) is 3.13. The molecule has 0 radical (unpaired) electrons. The van der Waals surface area contributed by atoms with Gasteiger partial charge in [0.2, 0.25) is 0 Å². The lowest BCUT2D eigenvalue weighted by Gasteiger charge is -2.41. The Labute approximate surface area is 172 Å². The minimum absolute atomic E-state index is 0.0544. The zero-order valence-corrected chi connectivity index (χ0v) is 18.2. The van der Waals surface area contributed by atoms with Crippen LogP contribution in [0, 0.1) is 12.3 Å². The summed E-state index contributed by atoms with van der Waals surface area (Å²) in [6.07, 6.45) is 4.58. The lowest BCUT2D eigenvalue weighted by molar-refractivity contribution is -0.159. The van der Waals surface area contributed by atoms with Gasteiger partial charge in [-0.15, -0.1) is 11.3 Å². The second-order valence-electron chi connectivity index (χ2n) is 7.92. The van der Waals surface area contributed by atoms with Crippen LogP contribution < -0.4 is 4.90 Å². The van der Waals surface area contributed by atoms with Crippen LogP contribution in [-0.4, -0.2) is 49.6 Å². The van der Waals surface area contributed by atoms with Crippen molar-refractivity contribution in [3.8, 4) is 0 Å². The molecule has 2 aromatic rings. The molecule has 1 aromatic carbocycles. The smallest absolute Gasteiger partial charge is 0.313 e. The third-order valence-corrected chi connectivity index (χ3v) is 6.61. The van der Waals surface area contributed by atoms with Gasteiger partial charge in [0, 0.05) is 38.3 Å². The van der Waals surface area contributed by atoms with E-state index in [0.29, 0.717) is 6.61 Å². The Morgan fingerprint density at radius 3 is 2.82 bits per heavy atom. The predicted octanol–water partition coefficient (Wildman–Crippen LogP) is 3.91. The summed E-state index contributed by atoms with van der Waals surface area (Å²) in [7, 11) is 4.02. The van der Waals surface area contributed by atoms with Crippen molar-refractivity contribution in [1.29, 1.82) is 0 Å². The van der Waals surface area contributed by atoms with Crippen molar-refractivity contribution in [2.75, 3.05) is 38.7 Å². The van der Waals surface area contributed by atoms with Gasteiger partial charge in [0.1, 0.15) is 0 Å². The number of hydrogen-bond acceptors (Lipinski definition) is 6. The Morgan fingerprint density at radius 1 is 1.36 bits per heavy atom. The van der Waals surface area contributed by atoms with Crippen molar-refractivity contribution in [3.63, 3.8) is 0 Å². The number of thiazole rings is 1. The topological polar surface area (TPSA) is 45.7 Å². The summed E-state index contributed by atoms with van der Waals surface area (Å²) in [5, 5.41) is 1.02. The summed E-state index contributed by atoms with van der Waals surface area (Å²) in [6, 6.07) is 8.37. The van der Waals surface area contributed by atoms with Gasteiger partial charge in [-0.1, -0.05) is 24.3 Å². The largest absolute Gasteiger partial charge is 0.466 e. The molecule has 1 saturated heterocycles. The Hall–Kier alpha value is -1.92. The molecule has 0 spiro atoms. The van der Waals surface area contributed by atoms with E-state index in [4.69, 9.17) is 4.74 Å². The number of carbonyl (C=O) groups excluding carboxylic acids is 1. The van der Waals surface area contributed by atoms with Crippen LogP contribution in [0.25, 0.3) is 0 Å². The van der Waals surface area contributed by atoms with Gasteiger partial charge in [-0.2, -0.15) is 0 Å². The lowest BCUT2D eigenvalue weighted by atomic mass is 9.74. The highest BCUT2D eigenvalue weighted by Gasteiger charge is 2.43. The average molecular weight is 402 g/mol. The van der Waals surface area contributed by atoms with Crippen LogP contribution in [0.4, 0.5) is 5.13 Å². The van der Waals surface area contributed by atoms with Crippen LogP contribution in [0.2, 0.25) is 0 Å². The van der Waals surface area contributed by atoms with Gasteiger partial charge in [0.15, 0.2) is 5.13 Å². The van der Waals surface area contributed by atoms with Gasteiger partial charge in [0.05, 0.1) is 12.0 Å². The highest BCUT2D eigenvalue weighted by molar-refractivity contribution is 7.15. The molecule has 3 rings (SSSR count). The maximum atomic E-state index is 13.1. The number of carbonyl (C=O) groups is 1. The molecule has 0 bridgehead atoms. The highest BCUT2D eigenvalue weighted by Crippen LogP contribution is 2.37. The third kappa shape index (κ3) is 4.73. The number of likely N-dealkylation sites (tertiary alicyclic amines) is 1. The number of aryl methyl sites for hydroxylation is 1. The maximum absolute atomic E-state index is 13.1. The Kier molecular flexibility index (Phi) is 6.73. The van der Waals surface area contributed by atoms with Gasteiger partial charge in [-0.3, -0.25) is 9.69 Å². The molecule has 0 amide bonds. The van der Waals surface area contributed by atoms with E-state index in [1.165, 1.54) is 16.0 Å². The Morgan fingerprint density at radius 2 is 2.14 bits per heavy atom. The first kappa shape index (κ1) is 20.8. The molecule has 2 heterocycles. The summed E-state index contributed by atoms with van der Waals surface area (Å²) in [5.41, 5.74) is 2.00. The van der Waals surface area contributed by atoms with Gasteiger partial charge < -0.3 is 9.64 Å². The Balaban J connectivity index is 1.80. The molecule has 1 aromatic heterocycles. The van der Waals surface area contributed by atoms with Gasteiger partial charge >= 0.3 is 5.97 Å². The van der Waals surface area contributed by atoms with Crippen molar-refractivity contribution in [2.45, 2.75) is 39.7 Å². The maximum Gasteiger partial charge on any atom is 0.313 e. The molecule has 0 N–H and O–H groups in total. The first-order chi connectivity index (χ1) is 13.4. The zero-order chi connectivity index (χ0) is 20.1. The second-order valence-corrected chi connectivity index (χ2v) is 9.02. The standard InChI is InChI=1S/C22H31N3O2S/c1-5-27-20(26)22(13-18-10-7-6-9-17(18)2)11-8-12-25(16-22)15-19-14-23-21(28-19)24(3)4/h6-7,9-10,14H,5,8,11-13,15-16H2,1-4H3/t22-/m0/s1. The number of hydrogen-bond donors (Lipinski definition) is 0. The van der Waals surface area contributed by atoms with E-state index in [9.17, 15) is 4.79 Å². The second kappa shape index (κ2) is 9.05. The summed E-state index contributed by atoms with van der Waals surface area (Å²) < 4.78 is 5.55. The fourth-order valence-corrected chi connectivity index (χ4v) is 4.87. The molecule has 1 aliphatic heterocycles. The molecule has 0 unspecified atom stereocenters. The molecular formula is C22H31N3O2S. The fourth-order valence-electron chi connectivity index (χ4n) is 4.00. The van der Waals surface area contributed by atoms with Gasteiger partial charge in [-0.05, 0) is 50.8 Å². The van der Waals surface area contributed by atoms with E-state index in [1.54, 1.807) is 11.3 Å². The predicted molar refractivity (Wildman–Crippen MR) is 115 cm³/mol. The zero-order valence-electron chi connectivity index (χ0n) is 17.4. The first-order valence-corrected chi connectivity index (χ1v) is 10.8. The third-order valence-electron chi connectivity index (χ3n) is 5.46. The quantitative estimate of drug-likeness (QED) is 0.659. The highest BCUT2D eigenvalue weighted by atomic mass is 32.1. The number of anilines is 1. The van der Waals surface area contributed by atoms with Crippen LogP contribution in [0.15, 0.2) is 30.5 Å². The van der Waals surface area contributed by atoms with Gasteiger partial charge in [-0.25, -0.2) is 4.98 Å². The van der Waals surface area contributed by atoms with Crippen molar-refractivity contribution in [2.24, 2.45) is 5.41 Å². The molecule has 0 aliphatic carbocycles. The molecule has 5 nitrogen and oxygen atoms in total. The van der Waals surface area contributed by atoms with E-state index < -0.39 is 5.41 Å². The minimum Gasteiger partial charge on any atom is -0.466 e. The van der Waals surface area contributed by atoms with Crippen LogP contribution in [0.3, 0.4) is 0 Å². The summed E-state index contributed by atoms with van der Waals surface area (Å²) in [5.74, 6) is -0.0544. The number of ether oxygens (including phenoxy) is 1. The molecule has 1 fully saturated rings. The Bertz CT molecular complexity index is 805. The summed E-state index contributed by atoms with van der Waals surface area (Å²) in [4.78, 5) is 23.2. The van der Waals surface area contributed by atoms with Crippen molar-refractivity contribution < 1.29 is 9.53 Å². The minimum atomic E-state index is -0.477. The number of aromatic nitrogens is 1. The van der Waals surface area contributed by atoms with Crippen molar-refractivity contribution in [3.05, 3.63) is 46.5 Å². The van der Waals surface area contributed by atoms with Crippen LogP contribution in [0.5, 0.6) is 0 Å². The molecule has 152 valence electrons. The van der Waals surface area contributed by atoms with Crippen molar-refractivity contribution in [1.82, 2.24) is 9.88 Å². The molecular weight excluding hydrogens is 370 g/mol. The van der Waals surface area contributed by atoms with Crippen LogP contribution in [0.1, 0.15) is 35.8 Å². The summed E-state index contributed by atoms with van der Waals surface area (Å²) in [6.45, 7) is 7.00. The van der Waals surface area contributed by atoms with Crippen molar-refractivity contribution >= 4 is 22.4 Å². The molecule has 1 atom stereocenters. The van der Waals surface area contributed by atoms with Crippen LogP contribution >= 0.6 is 11.3 Å². The number of piperidine rings is 1. The van der Waals surface area contributed by atoms with E-state index in [-0.39, 0.29) is 5.97 Å². The normalized spacial score (nSPS) is 20.1. The lowest BCUT2D eigenvalue weighted by Crippen LogP contribution is -2.49. The molecule has 6 heteroatoms. The SMILES string of the molecule is CCOC(=O)[C@]1(Cc2ccccc2C)CCCN(Cc2cnc(N(C)C)s2)C1. The van der Waals surface area contributed by atoms with Crippen LogP contribution in [-0.2, 0) is 22.5 Å². The number of benzene rings is 1. The number of esters is 1.